The molecular formula is C18H19N5O. The second kappa shape index (κ2) is 7.55. The first-order chi connectivity index (χ1) is 11.8. The number of carbonyl (C=O) groups is 1. The van der Waals surface area contributed by atoms with E-state index < -0.39 is 0 Å². The fraction of sp³-hybridized carbons (Fsp3) is 0.333. The summed E-state index contributed by atoms with van der Waals surface area (Å²) in [6, 6.07) is 9.47. The van der Waals surface area contributed by atoms with Gasteiger partial charge in [0.25, 0.3) is 0 Å². The highest BCUT2D eigenvalue weighted by atomic mass is 16.1. The quantitative estimate of drug-likeness (QED) is 0.930. The predicted octanol–water partition coefficient (Wildman–Crippen LogP) is 1.88. The minimum atomic E-state index is 0.0456. The van der Waals surface area contributed by atoms with Crippen molar-refractivity contribution < 1.29 is 4.79 Å². The van der Waals surface area contributed by atoms with Gasteiger partial charge in [-0.05, 0) is 36.6 Å². The SMILES string of the molecule is N#Cc1ccc(N2CCC(C(=O)NCc3cccnc3)CC2)cn1. The topological polar surface area (TPSA) is 81.9 Å². The van der Waals surface area contributed by atoms with E-state index in [1.54, 1.807) is 24.7 Å². The van der Waals surface area contributed by atoms with Crippen LogP contribution in [-0.4, -0.2) is 29.0 Å². The van der Waals surface area contributed by atoms with E-state index in [2.05, 4.69) is 20.2 Å². The highest BCUT2D eigenvalue weighted by Crippen LogP contribution is 2.23. The Morgan fingerprint density at radius 2 is 2.12 bits per heavy atom. The minimum Gasteiger partial charge on any atom is -0.370 e. The molecule has 6 heteroatoms. The van der Waals surface area contributed by atoms with Gasteiger partial charge in [0.05, 0.1) is 11.9 Å². The van der Waals surface area contributed by atoms with Crippen LogP contribution in [0.25, 0.3) is 0 Å². The number of nitrogens with zero attached hydrogens (tertiary/aromatic N) is 4. The molecule has 24 heavy (non-hydrogen) atoms. The van der Waals surface area contributed by atoms with Crippen LogP contribution in [0.3, 0.4) is 0 Å². The Labute approximate surface area is 141 Å². The van der Waals surface area contributed by atoms with Gasteiger partial charge in [-0.3, -0.25) is 9.78 Å². The van der Waals surface area contributed by atoms with E-state index in [0.29, 0.717) is 12.2 Å². The number of amides is 1. The minimum absolute atomic E-state index is 0.0456. The summed E-state index contributed by atoms with van der Waals surface area (Å²) in [5.74, 6) is 0.153. The molecule has 3 rings (SSSR count). The Hall–Kier alpha value is -2.94. The third kappa shape index (κ3) is 3.87. The molecule has 0 bridgehead atoms. The Balaban J connectivity index is 1.49. The predicted molar refractivity (Wildman–Crippen MR) is 90.0 cm³/mol. The molecule has 1 N–H and O–H groups in total. The molecule has 1 saturated heterocycles. The fourth-order valence-corrected chi connectivity index (χ4v) is 2.88. The monoisotopic (exact) mass is 321 g/mol. The van der Waals surface area contributed by atoms with Gasteiger partial charge in [0.2, 0.25) is 5.91 Å². The number of pyridine rings is 2. The summed E-state index contributed by atoms with van der Waals surface area (Å²) in [6.07, 6.45) is 6.85. The second-order valence-corrected chi connectivity index (χ2v) is 5.85. The zero-order valence-electron chi connectivity index (χ0n) is 13.4. The Morgan fingerprint density at radius 1 is 1.29 bits per heavy atom. The van der Waals surface area contributed by atoms with Gasteiger partial charge in [0.15, 0.2) is 0 Å². The van der Waals surface area contributed by atoms with Crippen LogP contribution in [0.15, 0.2) is 42.9 Å². The maximum Gasteiger partial charge on any atom is 0.223 e. The van der Waals surface area contributed by atoms with Crippen LogP contribution in [0.1, 0.15) is 24.1 Å². The lowest BCUT2D eigenvalue weighted by atomic mass is 9.95. The summed E-state index contributed by atoms with van der Waals surface area (Å²) < 4.78 is 0. The first-order valence-corrected chi connectivity index (χ1v) is 8.04. The van der Waals surface area contributed by atoms with E-state index in [1.807, 2.05) is 24.3 Å². The van der Waals surface area contributed by atoms with E-state index in [9.17, 15) is 4.79 Å². The van der Waals surface area contributed by atoms with E-state index in [1.165, 1.54) is 0 Å². The molecule has 0 aliphatic carbocycles. The van der Waals surface area contributed by atoms with Crippen molar-refractivity contribution in [3.05, 3.63) is 54.1 Å². The summed E-state index contributed by atoms with van der Waals surface area (Å²) in [4.78, 5) is 22.7. The molecule has 0 unspecified atom stereocenters. The van der Waals surface area contributed by atoms with E-state index in [4.69, 9.17) is 5.26 Å². The number of anilines is 1. The van der Waals surface area contributed by atoms with Gasteiger partial charge in [-0.1, -0.05) is 6.07 Å². The van der Waals surface area contributed by atoms with E-state index >= 15 is 0 Å². The zero-order valence-corrected chi connectivity index (χ0v) is 13.4. The number of rotatable bonds is 4. The summed E-state index contributed by atoms with van der Waals surface area (Å²) in [5, 5.41) is 11.8. The Bertz CT molecular complexity index is 715. The molecule has 3 heterocycles. The number of aromatic nitrogens is 2. The maximum absolute atomic E-state index is 12.3. The summed E-state index contributed by atoms with van der Waals surface area (Å²) >= 11 is 0. The van der Waals surface area contributed by atoms with Gasteiger partial charge >= 0.3 is 0 Å². The van der Waals surface area contributed by atoms with Crippen molar-refractivity contribution in [2.45, 2.75) is 19.4 Å². The van der Waals surface area contributed by atoms with E-state index in [-0.39, 0.29) is 11.8 Å². The molecule has 2 aromatic heterocycles. The van der Waals surface area contributed by atoms with Crippen LogP contribution in [0.4, 0.5) is 5.69 Å². The average Bonchev–Trinajstić information content (AvgIpc) is 2.67. The van der Waals surface area contributed by atoms with Crippen LogP contribution in [-0.2, 0) is 11.3 Å². The highest BCUT2D eigenvalue weighted by Gasteiger charge is 2.25. The second-order valence-electron chi connectivity index (χ2n) is 5.85. The van der Waals surface area contributed by atoms with Crippen LogP contribution in [0, 0.1) is 17.2 Å². The van der Waals surface area contributed by atoms with Crippen molar-refractivity contribution in [2.75, 3.05) is 18.0 Å². The third-order valence-corrected chi connectivity index (χ3v) is 4.28. The van der Waals surface area contributed by atoms with Crippen LogP contribution >= 0.6 is 0 Å². The lowest BCUT2D eigenvalue weighted by molar-refractivity contribution is -0.125. The molecule has 2 aromatic rings. The number of piperidine rings is 1. The number of nitrogens with one attached hydrogen (secondary N) is 1. The molecule has 0 aromatic carbocycles. The van der Waals surface area contributed by atoms with Crippen LogP contribution in [0.2, 0.25) is 0 Å². The lowest BCUT2D eigenvalue weighted by Gasteiger charge is -2.32. The number of hydrogen-bond donors (Lipinski definition) is 1. The van der Waals surface area contributed by atoms with Crippen molar-refractivity contribution in [2.24, 2.45) is 5.92 Å². The molecule has 6 nitrogen and oxygen atoms in total. The van der Waals surface area contributed by atoms with Crippen LogP contribution < -0.4 is 10.2 Å². The van der Waals surface area contributed by atoms with Gasteiger partial charge in [-0.25, -0.2) is 4.98 Å². The van der Waals surface area contributed by atoms with Gasteiger partial charge in [0, 0.05) is 37.9 Å². The van der Waals surface area contributed by atoms with Crippen molar-refractivity contribution in [1.29, 1.82) is 5.26 Å². The molecule has 0 saturated carbocycles. The molecular weight excluding hydrogens is 302 g/mol. The van der Waals surface area contributed by atoms with Crippen molar-refractivity contribution in [1.82, 2.24) is 15.3 Å². The number of carbonyl (C=O) groups excluding carboxylic acids is 1. The van der Waals surface area contributed by atoms with Crippen molar-refractivity contribution in [3.63, 3.8) is 0 Å². The van der Waals surface area contributed by atoms with Gasteiger partial charge in [0.1, 0.15) is 11.8 Å². The molecule has 1 aliphatic rings. The highest BCUT2D eigenvalue weighted by molar-refractivity contribution is 5.79. The Morgan fingerprint density at radius 3 is 2.75 bits per heavy atom. The first kappa shape index (κ1) is 15.9. The standard InChI is InChI=1S/C18H19N5O/c19-10-16-3-4-17(13-21-16)23-8-5-15(6-9-23)18(24)22-12-14-2-1-7-20-11-14/h1-4,7,11,13,15H,5-6,8-9,12H2,(H,22,24). The first-order valence-electron chi connectivity index (χ1n) is 8.04. The molecule has 1 amide bonds. The molecule has 1 aliphatic heterocycles. The normalized spacial score (nSPS) is 14.9. The summed E-state index contributed by atoms with van der Waals surface area (Å²) in [6.45, 7) is 2.16. The molecule has 0 radical (unpaired) electrons. The lowest BCUT2D eigenvalue weighted by Crippen LogP contribution is -2.40. The van der Waals surface area contributed by atoms with Gasteiger partial charge in [-0.15, -0.1) is 0 Å². The summed E-state index contributed by atoms with van der Waals surface area (Å²) in [5.41, 5.74) is 2.43. The van der Waals surface area contributed by atoms with Crippen LogP contribution in [0.5, 0.6) is 0 Å². The fourth-order valence-electron chi connectivity index (χ4n) is 2.88. The summed E-state index contributed by atoms with van der Waals surface area (Å²) in [7, 11) is 0. The average molecular weight is 321 g/mol. The van der Waals surface area contributed by atoms with E-state index in [0.717, 1.165) is 37.2 Å². The Kier molecular flexibility index (Phi) is 5.02. The number of hydrogen-bond acceptors (Lipinski definition) is 5. The molecule has 1 fully saturated rings. The largest absolute Gasteiger partial charge is 0.370 e. The van der Waals surface area contributed by atoms with Crippen molar-refractivity contribution >= 4 is 11.6 Å². The smallest absolute Gasteiger partial charge is 0.223 e. The van der Waals surface area contributed by atoms with Gasteiger partial charge < -0.3 is 10.2 Å². The zero-order chi connectivity index (χ0) is 16.8. The molecule has 0 spiro atoms. The maximum atomic E-state index is 12.3. The molecule has 122 valence electrons. The van der Waals surface area contributed by atoms with Gasteiger partial charge in [-0.2, -0.15) is 5.26 Å². The number of nitriles is 1. The third-order valence-electron chi connectivity index (χ3n) is 4.28. The molecule has 0 atom stereocenters. The van der Waals surface area contributed by atoms with Crippen molar-refractivity contribution in [3.8, 4) is 6.07 Å².